The Hall–Kier alpha value is -1.36. The predicted molar refractivity (Wildman–Crippen MR) is 116 cm³/mol. The van der Waals surface area contributed by atoms with Crippen LogP contribution in [0.15, 0.2) is 17.1 Å². The van der Waals surface area contributed by atoms with Crippen molar-refractivity contribution >= 4 is 22.8 Å². The van der Waals surface area contributed by atoms with E-state index in [2.05, 4.69) is 18.0 Å². The number of fused-ring (bicyclic) bond motifs is 1. The van der Waals surface area contributed by atoms with Crippen molar-refractivity contribution < 1.29 is 20.1 Å². The lowest BCUT2D eigenvalue weighted by molar-refractivity contribution is -0.137. The van der Waals surface area contributed by atoms with Gasteiger partial charge in [-0.2, -0.15) is 5.26 Å². The van der Waals surface area contributed by atoms with Gasteiger partial charge >= 0.3 is 5.97 Å². The first-order valence-corrected chi connectivity index (χ1v) is 11.5. The number of nitriles is 1. The topological polar surface area (TPSA) is 114 Å². The molecule has 29 heavy (non-hydrogen) atoms. The Kier molecular flexibility index (Phi) is 8.33. The molecule has 1 fully saturated rings. The molecule has 1 aliphatic heterocycles. The average Bonchev–Trinajstić information content (AvgIpc) is 3.13. The van der Waals surface area contributed by atoms with E-state index in [4.69, 9.17) is 5.11 Å². The van der Waals surface area contributed by atoms with Crippen molar-refractivity contribution in [3.8, 4) is 6.07 Å². The van der Waals surface area contributed by atoms with Gasteiger partial charge in [-0.05, 0) is 24.0 Å². The smallest absolute Gasteiger partial charge is 0.303 e. The van der Waals surface area contributed by atoms with Crippen LogP contribution in [0, 0.1) is 28.6 Å². The SMILES string of the molecule is CCCCC(C)(C)C(O)/C=C/C1C(O)CC2(C#N)N=C(SCCCC(=O)O)CC12. The third-order valence-electron chi connectivity index (χ3n) is 6.25. The number of carboxylic acid groups (broad SMARTS) is 1. The zero-order valence-electron chi connectivity index (χ0n) is 17.7. The highest BCUT2D eigenvalue weighted by Gasteiger charge is 2.56. The molecule has 0 aromatic heterocycles. The van der Waals surface area contributed by atoms with E-state index in [0.717, 1.165) is 24.3 Å². The van der Waals surface area contributed by atoms with Gasteiger partial charge in [0, 0.05) is 31.1 Å². The predicted octanol–water partition coefficient (Wildman–Crippen LogP) is 3.78. The second-order valence-electron chi connectivity index (χ2n) is 8.97. The summed E-state index contributed by atoms with van der Waals surface area (Å²) in [6, 6.07) is 2.33. The molecule has 1 saturated carbocycles. The van der Waals surface area contributed by atoms with E-state index in [0.29, 0.717) is 25.0 Å². The van der Waals surface area contributed by atoms with Gasteiger partial charge in [0.1, 0.15) is 0 Å². The lowest BCUT2D eigenvalue weighted by atomic mass is 9.80. The molecule has 162 valence electrons. The first kappa shape index (κ1) is 23.9. The molecule has 0 saturated heterocycles. The van der Waals surface area contributed by atoms with Crippen LogP contribution in [0.3, 0.4) is 0 Å². The number of aliphatic hydroxyl groups is 2. The molecule has 0 aromatic carbocycles. The number of thioether (sulfide) groups is 1. The van der Waals surface area contributed by atoms with Gasteiger partial charge in [-0.15, -0.1) is 11.8 Å². The zero-order chi connectivity index (χ0) is 21.7. The Labute approximate surface area is 178 Å². The minimum Gasteiger partial charge on any atom is -0.481 e. The van der Waals surface area contributed by atoms with Crippen LogP contribution >= 0.6 is 11.8 Å². The highest BCUT2D eigenvalue weighted by molar-refractivity contribution is 8.13. The molecular formula is C22H34N2O4S. The van der Waals surface area contributed by atoms with Gasteiger partial charge in [-0.25, -0.2) is 0 Å². The number of carboxylic acids is 1. The normalized spacial score (nSPS) is 30.2. The second kappa shape index (κ2) is 10.1. The molecule has 7 heteroatoms. The van der Waals surface area contributed by atoms with Crippen LogP contribution in [0.1, 0.15) is 65.7 Å². The van der Waals surface area contributed by atoms with Gasteiger partial charge in [0.25, 0.3) is 0 Å². The summed E-state index contributed by atoms with van der Waals surface area (Å²) in [5.41, 5.74) is -1.15. The van der Waals surface area contributed by atoms with Crippen molar-refractivity contribution in [2.75, 3.05) is 5.75 Å². The summed E-state index contributed by atoms with van der Waals surface area (Å²) in [7, 11) is 0. The molecule has 1 heterocycles. The largest absolute Gasteiger partial charge is 0.481 e. The van der Waals surface area contributed by atoms with E-state index in [1.54, 1.807) is 6.08 Å². The number of aliphatic carboxylic acids is 1. The minimum atomic E-state index is -0.910. The number of unbranched alkanes of at least 4 members (excludes halogenated alkanes) is 1. The van der Waals surface area contributed by atoms with E-state index < -0.39 is 23.7 Å². The monoisotopic (exact) mass is 422 g/mol. The van der Waals surface area contributed by atoms with Gasteiger partial charge in [0.05, 0.1) is 23.3 Å². The molecule has 0 bridgehead atoms. The molecule has 2 rings (SSSR count). The molecule has 0 aromatic rings. The number of aliphatic hydroxyl groups excluding tert-OH is 2. The maximum Gasteiger partial charge on any atom is 0.303 e. The number of hydrogen-bond donors (Lipinski definition) is 3. The Morgan fingerprint density at radius 1 is 1.48 bits per heavy atom. The van der Waals surface area contributed by atoms with Crippen molar-refractivity contribution in [3.63, 3.8) is 0 Å². The maximum atomic E-state index is 10.6. The quantitative estimate of drug-likeness (QED) is 0.365. The Morgan fingerprint density at radius 2 is 2.21 bits per heavy atom. The molecule has 2 aliphatic rings. The van der Waals surface area contributed by atoms with Gasteiger partial charge in [-0.3, -0.25) is 9.79 Å². The van der Waals surface area contributed by atoms with Gasteiger partial charge in [0.15, 0.2) is 5.54 Å². The Balaban J connectivity index is 2.03. The van der Waals surface area contributed by atoms with Crippen molar-refractivity contribution in [3.05, 3.63) is 12.2 Å². The van der Waals surface area contributed by atoms with Crippen LogP contribution in [-0.4, -0.2) is 49.8 Å². The maximum absolute atomic E-state index is 10.6. The summed E-state index contributed by atoms with van der Waals surface area (Å²) in [6.45, 7) is 6.23. The van der Waals surface area contributed by atoms with Gasteiger partial charge in [-0.1, -0.05) is 45.8 Å². The molecule has 6 nitrogen and oxygen atoms in total. The fourth-order valence-electron chi connectivity index (χ4n) is 4.28. The Morgan fingerprint density at radius 3 is 2.83 bits per heavy atom. The number of nitrogens with zero attached hydrogens (tertiary/aromatic N) is 2. The van der Waals surface area contributed by atoms with E-state index in [9.17, 15) is 20.3 Å². The van der Waals surface area contributed by atoms with Crippen molar-refractivity contribution in [1.82, 2.24) is 0 Å². The number of hydrogen-bond acceptors (Lipinski definition) is 6. The summed E-state index contributed by atoms with van der Waals surface area (Å²) in [5.74, 6) is -0.468. The molecule has 5 unspecified atom stereocenters. The fraction of sp³-hybridized carbons (Fsp3) is 0.773. The molecule has 3 N–H and O–H groups in total. The van der Waals surface area contributed by atoms with Crippen molar-refractivity contribution in [2.24, 2.45) is 22.2 Å². The number of rotatable bonds is 10. The first-order chi connectivity index (χ1) is 13.6. The summed E-state index contributed by atoms with van der Waals surface area (Å²) < 4.78 is 0. The third kappa shape index (κ3) is 5.84. The lowest BCUT2D eigenvalue weighted by Crippen LogP contribution is -2.29. The molecule has 0 amide bonds. The summed E-state index contributed by atoms with van der Waals surface area (Å²) in [4.78, 5) is 15.3. The molecule has 1 aliphatic carbocycles. The van der Waals surface area contributed by atoms with Crippen LogP contribution < -0.4 is 0 Å². The van der Waals surface area contributed by atoms with E-state index in [1.807, 2.05) is 19.9 Å². The van der Waals surface area contributed by atoms with Crippen molar-refractivity contribution in [1.29, 1.82) is 5.26 Å². The molecular weight excluding hydrogens is 388 g/mol. The average molecular weight is 423 g/mol. The molecule has 0 radical (unpaired) electrons. The second-order valence-corrected chi connectivity index (χ2v) is 10.1. The van der Waals surface area contributed by atoms with Gasteiger partial charge in [0.2, 0.25) is 0 Å². The molecule has 5 atom stereocenters. The molecule has 0 spiro atoms. The summed E-state index contributed by atoms with van der Waals surface area (Å²) in [5, 5.41) is 40.6. The lowest BCUT2D eigenvalue weighted by Gasteiger charge is -2.29. The summed E-state index contributed by atoms with van der Waals surface area (Å²) >= 11 is 1.52. The van der Waals surface area contributed by atoms with E-state index >= 15 is 0 Å². The zero-order valence-corrected chi connectivity index (χ0v) is 18.5. The Bertz CT molecular complexity index is 685. The van der Waals surface area contributed by atoms with Crippen LogP contribution in [0.2, 0.25) is 0 Å². The first-order valence-electron chi connectivity index (χ1n) is 10.5. The van der Waals surface area contributed by atoms with Crippen LogP contribution in [-0.2, 0) is 4.79 Å². The highest BCUT2D eigenvalue weighted by Crippen LogP contribution is 2.50. The third-order valence-corrected chi connectivity index (χ3v) is 7.33. The summed E-state index contributed by atoms with van der Waals surface area (Å²) in [6.07, 6.45) is 7.10. The van der Waals surface area contributed by atoms with Crippen LogP contribution in [0.5, 0.6) is 0 Å². The number of aliphatic imine (C=N–C) groups is 1. The number of carbonyl (C=O) groups is 1. The van der Waals surface area contributed by atoms with E-state index in [-0.39, 0.29) is 23.7 Å². The highest BCUT2D eigenvalue weighted by atomic mass is 32.2. The van der Waals surface area contributed by atoms with Crippen molar-refractivity contribution in [2.45, 2.75) is 83.5 Å². The van der Waals surface area contributed by atoms with Crippen LogP contribution in [0.4, 0.5) is 0 Å². The minimum absolute atomic E-state index is 0.105. The standard InChI is InChI=1S/C22H34N2O4S/c1-4-5-10-21(2,3)18(26)9-8-15-16-12-19(29-11-6-7-20(27)28)24-22(16,14-23)13-17(15)25/h8-9,15-18,25-26H,4-7,10-13H2,1-3H3,(H,27,28)/b9-8+. The van der Waals surface area contributed by atoms with E-state index in [1.165, 1.54) is 11.8 Å². The fourth-order valence-corrected chi connectivity index (χ4v) is 5.33. The van der Waals surface area contributed by atoms with Gasteiger partial charge < -0.3 is 15.3 Å². The van der Waals surface area contributed by atoms with Crippen LogP contribution in [0.25, 0.3) is 0 Å².